The first-order valence-electron chi connectivity index (χ1n) is 6.59. The van der Waals surface area contributed by atoms with Gasteiger partial charge in [0.25, 0.3) is 0 Å². The van der Waals surface area contributed by atoms with Crippen molar-refractivity contribution in [3.8, 4) is 0 Å². The maximum absolute atomic E-state index is 12.1. The summed E-state index contributed by atoms with van der Waals surface area (Å²) in [6.45, 7) is 0. The highest BCUT2D eigenvalue weighted by Gasteiger charge is 2.85. The Morgan fingerprint density at radius 2 is 1.89 bits per heavy atom. The van der Waals surface area contributed by atoms with Crippen LogP contribution in [0, 0.1) is 47.3 Å². The lowest BCUT2D eigenvalue weighted by Gasteiger charge is -2.58. The normalized spacial score (nSPS) is 64.9. The number of methoxy groups -OCH3 is 1. The van der Waals surface area contributed by atoms with Crippen LogP contribution in [0.4, 0.5) is 0 Å². The van der Waals surface area contributed by atoms with E-state index in [2.05, 4.69) is 15.9 Å². The van der Waals surface area contributed by atoms with E-state index in [1.165, 1.54) is 7.11 Å². The lowest BCUT2D eigenvalue weighted by Crippen LogP contribution is -2.65. The molecule has 5 heteroatoms. The van der Waals surface area contributed by atoms with Crippen LogP contribution in [-0.4, -0.2) is 30.0 Å². The summed E-state index contributed by atoms with van der Waals surface area (Å²) in [6.07, 6.45) is -0.00889. The SMILES string of the molecule is COC(=O)C1C2C(=O)OC3C1C1C4C(Br)C1C2C34. The van der Waals surface area contributed by atoms with Crippen LogP contribution in [0.25, 0.3) is 0 Å². The van der Waals surface area contributed by atoms with Gasteiger partial charge in [0.2, 0.25) is 0 Å². The van der Waals surface area contributed by atoms with Crippen LogP contribution in [0.15, 0.2) is 0 Å². The standard InChI is InChI=1S/C13H13BrO4/c1-17-12(15)9-7-2-4-3-6(5(2)10(4)14)11(7)18-13(16)8(3)9/h2-11H,1H3. The molecule has 5 saturated carbocycles. The van der Waals surface area contributed by atoms with Crippen LogP contribution in [-0.2, 0) is 19.1 Å². The smallest absolute Gasteiger partial charge is 0.310 e. The first-order valence-corrected chi connectivity index (χ1v) is 7.51. The van der Waals surface area contributed by atoms with Gasteiger partial charge in [-0.15, -0.1) is 0 Å². The number of carbonyl (C=O) groups excluding carboxylic acids is 2. The molecule has 10 unspecified atom stereocenters. The minimum absolute atomic E-state index is 0.00889. The second kappa shape index (κ2) is 2.79. The summed E-state index contributed by atoms with van der Waals surface area (Å²) in [5.41, 5.74) is 0. The average molecular weight is 313 g/mol. The lowest BCUT2D eigenvalue weighted by molar-refractivity contribution is -0.223. The van der Waals surface area contributed by atoms with Crippen LogP contribution in [0.1, 0.15) is 0 Å². The van der Waals surface area contributed by atoms with Crippen LogP contribution in [0.5, 0.6) is 0 Å². The van der Waals surface area contributed by atoms with Crippen LogP contribution >= 0.6 is 15.9 Å². The molecule has 7 fully saturated rings. The Morgan fingerprint density at radius 1 is 1.17 bits per heavy atom. The van der Waals surface area contributed by atoms with E-state index in [-0.39, 0.29) is 35.8 Å². The van der Waals surface area contributed by atoms with Gasteiger partial charge in [-0.25, -0.2) is 0 Å². The third-order valence-electron chi connectivity index (χ3n) is 6.37. The fraction of sp³-hybridized carbons (Fsp3) is 0.846. The van der Waals surface area contributed by atoms with E-state index in [9.17, 15) is 9.59 Å². The summed E-state index contributed by atoms with van der Waals surface area (Å²) in [5, 5.41) is 0. The first-order chi connectivity index (χ1) is 8.66. The molecule has 0 aromatic heterocycles. The zero-order valence-corrected chi connectivity index (χ0v) is 11.4. The number of halogens is 1. The Kier molecular flexibility index (Phi) is 1.59. The molecule has 2 aliphatic heterocycles. The van der Waals surface area contributed by atoms with Crippen molar-refractivity contribution >= 4 is 27.9 Å². The van der Waals surface area contributed by atoms with Gasteiger partial charge in [-0.2, -0.15) is 0 Å². The Bertz CT molecular complexity index is 491. The van der Waals surface area contributed by atoms with E-state index < -0.39 is 0 Å². The second-order valence-corrected chi connectivity index (χ2v) is 7.44. The van der Waals surface area contributed by atoms with E-state index in [1.54, 1.807) is 0 Å². The number of fused-ring (bicyclic) bond motifs is 1. The number of alkyl halides is 1. The molecule has 0 amide bonds. The molecule has 0 spiro atoms. The third kappa shape index (κ3) is 0.749. The molecule has 96 valence electrons. The first kappa shape index (κ1) is 10.2. The molecule has 7 aliphatic rings. The van der Waals surface area contributed by atoms with E-state index in [1.807, 2.05) is 0 Å². The van der Waals surface area contributed by atoms with Crippen molar-refractivity contribution in [2.75, 3.05) is 7.11 Å². The van der Waals surface area contributed by atoms with Crippen molar-refractivity contribution in [2.45, 2.75) is 10.9 Å². The molecule has 18 heavy (non-hydrogen) atoms. The number of ether oxygens (including phenoxy) is 2. The van der Waals surface area contributed by atoms with Gasteiger partial charge < -0.3 is 9.47 Å². The van der Waals surface area contributed by atoms with Crippen LogP contribution in [0.3, 0.4) is 0 Å². The van der Waals surface area contributed by atoms with E-state index in [0.717, 1.165) is 0 Å². The minimum Gasteiger partial charge on any atom is -0.469 e. The van der Waals surface area contributed by atoms with Gasteiger partial charge in [0.1, 0.15) is 6.10 Å². The Labute approximate surface area is 113 Å². The van der Waals surface area contributed by atoms with Crippen molar-refractivity contribution in [1.29, 1.82) is 0 Å². The number of hydrogen-bond acceptors (Lipinski definition) is 4. The van der Waals surface area contributed by atoms with Gasteiger partial charge in [-0.1, -0.05) is 15.9 Å². The van der Waals surface area contributed by atoms with Gasteiger partial charge in [0.15, 0.2) is 0 Å². The Balaban J connectivity index is 1.66. The summed E-state index contributed by atoms with van der Waals surface area (Å²) in [4.78, 5) is 24.6. The van der Waals surface area contributed by atoms with Gasteiger partial charge >= 0.3 is 11.9 Å². The second-order valence-electron chi connectivity index (χ2n) is 6.38. The predicted molar refractivity (Wildman–Crippen MR) is 62.5 cm³/mol. The Hall–Kier alpha value is -0.580. The molecule has 0 aromatic carbocycles. The minimum atomic E-state index is -0.230. The zero-order valence-electron chi connectivity index (χ0n) is 9.78. The Morgan fingerprint density at radius 3 is 2.61 bits per heavy atom. The largest absolute Gasteiger partial charge is 0.469 e. The molecule has 0 radical (unpaired) electrons. The number of esters is 2. The summed E-state index contributed by atoms with van der Waals surface area (Å²) >= 11 is 3.77. The lowest BCUT2D eigenvalue weighted by atomic mass is 9.50. The van der Waals surface area contributed by atoms with Gasteiger partial charge in [-0.05, 0) is 23.7 Å². The van der Waals surface area contributed by atoms with Gasteiger partial charge in [0.05, 0.1) is 18.9 Å². The van der Waals surface area contributed by atoms with E-state index in [0.29, 0.717) is 34.4 Å². The van der Waals surface area contributed by atoms with Gasteiger partial charge in [-0.3, -0.25) is 9.59 Å². The topological polar surface area (TPSA) is 52.6 Å². The summed E-state index contributed by atoms with van der Waals surface area (Å²) < 4.78 is 10.5. The molecule has 2 heterocycles. The third-order valence-corrected chi connectivity index (χ3v) is 7.60. The molecule has 8 bridgehead atoms. The average Bonchev–Trinajstić information content (AvgIpc) is 2.94. The number of hydrogen-bond donors (Lipinski definition) is 0. The molecule has 0 aromatic rings. The molecule has 5 aliphatic carbocycles. The zero-order chi connectivity index (χ0) is 12.3. The highest BCUT2D eigenvalue weighted by atomic mass is 79.9. The molecule has 2 saturated heterocycles. The van der Waals surface area contributed by atoms with Crippen LogP contribution in [0.2, 0.25) is 0 Å². The van der Waals surface area contributed by atoms with Crippen molar-refractivity contribution in [1.82, 2.24) is 0 Å². The maximum Gasteiger partial charge on any atom is 0.310 e. The maximum atomic E-state index is 12.1. The molecular formula is C13H13BrO4. The number of rotatable bonds is 1. The summed E-state index contributed by atoms with van der Waals surface area (Å²) in [5.74, 6) is 2.11. The number of carbonyl (C=O) groups is 2. The summed E-state index contributed by atoms with van der Waals surface area (Å²) in [7, 11) is 1.42. The highest BCUT2D eigenvalue weighted by Crippen LogP contribution is 2.80. The predicted octanol–water partition coefficient (Wildman–Crippen LogP) is 0.832. The monoisotopic (exact) mass is 312 g/mol. The molecule has 0 N–H and O–H groups in total. The van der Waals surface area contributed by atoms with E-state index >= 15 is 0 Å². The molecule has 7 rings (SSSR count). The fourth-order valence-electron chi connectivity index (χ4n) is 6.18. The van der Waals surface area contributed by atoms with Crippen molar-refractivity contribution in [3.05, 3.63) is 0 Å². The highest BCUT2D eigenvalue weighted by molar-refractivity contribution is 9.09. The molecular weight excluding hydrogens is 300 g/mol. The molecule has 4 nitrogen and oxygen atoms in total. The van der Waals surface area contributed by atoms with Crippen LogP contribution < -0.4 is 0 Å². The van der Waals surface area contributed by atoms with Crippen molar-refractivity contribution < 1.29 is 19.1 Å². The fourth-order valence-corrected chi connectivity index (χ4v) is 7.59. The van der Waals surface area contributed by atoms with Crippen molar-refractivity contribution in [3.63, 3.8) is 0 Å². The van der Waals surface area contributed by atoms with Gasteiger partial charge in [0, 0.05) is 16.7 Å². The quantitative estimate of drug-likeness (QED) is 0.532. The summed E-state index contributed by atoms with van der Waals surface area (Å²) in [6, 6.07) is 0. The van der Waals surface area contributed by atoms with Crippen molar-refractivity contribution in [2.24, 2.45) is 47.3 Å². The van der Waals surface area contributed by atoms with E-state index in [4.69, 9.17) is 9.47 Å². The molecule has 10 atom stereocenters.